The van der Waals surface area contributed by atoms with Gasteiger partial charge in [0.25, 0.3) is 0 Å². The number of rotatable bonds is 4. The number of ether oxygens (including phenoxy) is 1. The summed E-state index contributed by atoms with van der Waals surface area (Å²) in [5.74, 6) is 0.992. The third-order valence-electron chi connectivity index (χ3n) is 4.80. The van der Waals surface area contributed by atoms with E-state index in [4.69, 9.17) is 10.5 Å². The highest BCUT2D eigenvalue weighted by Gasteiger charge is 2.39. The quantitative estimate of drug-likeness (QED) is 0.915. The van der Waals surface area contributed by atoms with E-state index in [0.29, 0.717) is 18.1 Å². The maximum Gasteiger partial charge on any atom is 0.121 e. The molecule has 2 aliphatic rings. The van der Waals surface area contributed by atoms with Gasteiger partial charge in [-0.25, -0.2) is 0 Å². The van der Waals surface area contributed by atoms with Crippen molar-refractivity contribution in [3.05, 3.63) is 24.3 Å². The van der Waals surface area contributed by atoms with Crippen LogP contribution in [0.1, 0.15) is 46.0 Å². The number of fused-ring (bicyclic) bond motifs is 2. The van der Waals surface area contributed by atoms with Crippen molar-refractivity contribution < 1.29 is 4.74 Å². The molecule has 0 aliphatic carbocycles. The van der Waals surface area contributed by atoms with Gasteiger partial charge in [0.15, 0.2) is 0 Å². The standard InChI is InChI=1S/C17H26N2O/c1-3-12(2)20-17-6-4-5-14(11-17)19-15-7-8-16(19)10-13(18)9-15/h4-6,11-13,15-16H,3,7-10,18H2,1-2H3. The van der Waals surface area contributed by atoms with Crippen molar-refractivity contribution in [2.75, 3.05) is 4.90 Å². The van der Waals surface area contributed by atoms with E-state index >= 15 is 0 Å². The van der Waals surface area contributed by atoms with Crippen LogP contribution in [0.3, 0.4) is 0 Å². The summed E-state index contributed by atoms with van der Waals surface area (Å²) in [5, 5.41) is 0. The van der Waals surface area contributed by atoms with E-state index in [-0.39, 0.29) is 6.10 Å². The lowest BCUT2D eigenvalue weighted by Crippen LogP contribution is -2.47. The molecule has 2 fully saturated rings. The Labute approximate surface area is 122 Å². The normalized spacial score (nSPS) is 30.4. The average Bonchev–Trinajstić information content (AvgIpc) is 2.71. The summed E-state index contributed by atoms with van der Waals surface area (Å²) in [4.78, 5) is 2.59. The Hall–Kier alpha value is -1.22. The molecule has 3 nitrogen and oxygen atoms in total. The van der Waals surface area contributed by atoms with Crippen molar-refractivity contribution in [2.45, 2.75) is 70.2 Å². The summed E-state index contributed by atoms with van der Waals surface area (Å²) in [7, 11) is 0. The summed E-state index contributed by atoms with van der Waals surface area (Å²) in [6.07, 6.45) is 6.15. The maximum atomic E-state index is 6.16. The van der Waals surface area contributed by atoms with Crippen molar-refractivity contribution in [3.63, 3.8) is 0 Å². The lowest BCUT2D eigenvalue weighted by Gasteiger charge is -2.39. The Balaban J connectivity index is 1.79. The number of nitrogens with zero attached hydrogens (tertiary/aromatic N) is 1. The molecule has 2 heterocycles. The van der Waals surface area contributed by atoms with E-state index in [1.165, 1.54) is 18.5 Å². The molecule has 1 aromatic carbocycles. The van der Waals surface area contributed by atoms with Gasteiger partial charge >= 0.3 is 0 Å². The molecule has 0 amide bonds. The van der Waals surface area contributed by atoms with Crippen LogP contribution in [0.2, 0.25) is 0 Å². The Morgan fingerprint density at radius 1 is 1.30 bits per heavy atom. The van der Waals surface area contributed by atoms with Crippen LogP contribution in [0.5, 0.6) is 5.75 Å². The first-order valence-corrected chi connectivity index (χ1v) is 7.98. The molecule has 0 saturated carbocycles. The maximum absolute atomic E-state index is 6.16. The molecular weight excluding hydrogens is 248 g/mol. The topological polar surface area (TPSA) is 38.5 Å². The van der Waals surface area contributed by atoms with Gasteiger partial charge in [-0.1, -0.05) is 13.0 Å². The van der Waals surface area contributed by atoms with Gasteiger partial charge < -0.3 is 15.4 Å². The summed E-state index contributed by atoms with van der Waals surface area (Å²) in [5.41, 5.74) is 7.47. The molecule has 20 heavy (non-hydrogen) atoms. The summed E-state index contributed by atoms with van der Waals surface area (Å²) >= 11 is 0. The molecule has 3 unspecified atom stereocenters. The zero-order chi connectivity index (χ0) is 14.1. The first kappa shape index (κ1) is 13.7. The second-order valence-corrected chi connectivity index (χ2v) is 6.36. The lowest BCUT2D eigenvalue weighted by atomic mass is 9.97. The number of hydrogen-bond donors (Lipinski definition) is 1. The van der Waals surface area contributed by atoms with Crippen LogP contribution in [-0.2, 0) is 0 Å². The van der Waals surface area contributed by atoms with Gasteiger partial charge in [0.2, 0.25) is 0 Å². The Kier molecular flexibility index (Phi) is 3.88. The molecular formula is C17H26N2O. The summed E-state index contributed by atoms with van der Waals surface area (Å²) < 4.78 is 5.96. The van der Waals surface area contributed by atoms with Gasteiger partial charge in [0.05, 0.1) is 6.10 Å². The minimum absolute atomic E-state index is 0.275. The molecule has 1 aromatic rings. The third-order valence-corrected chi connectivity index (χ3v) is 4.80. The van der Waals surface area contributed by atoms with Crippen molar-refractivity contribution in [1.29, 1.82) is 0 Å². The zero-order valence-electron chi connectivity index (χ0n) is 12.6. The molecule has 3 rings (SSSR count). The third kappa shape index (κ3) is 2.64. The first-order valence-electron chi connectivity index (χ1n) is 7.98. The fraction of sp³-hybridized carbons (Fsp3) is 0.647. The number of nitrogens with two attached hydrogens (primary N) is 1. The summed E-state index contributed by atoms with van der Waals surface area (Å²) in [6.45, 7) is 4.27. The Bertz CT molecular complexity index is 448. The smallest absolute Gasteiger partial charge is 0.121 e. The zero-order valence-corrected chi connectivity index (χ0v) is 12.6. The Morgan fingerprint density at radius 2 is 2.00 bits per heavy atom. The monoisotopic (exact) mass is 274 g/mol. The highest BCUT2D eigenvalue weighted by molar-refractivity contribution is 5.54. The van der Waals surface area contributed by atoms with Crippen molar-refractivity contribution in [2.24, 2.45) is 5.73 Å². The molecule has 3 heteroatoms. The van der Waals surface area contributed by atoms with E-state index in [1.807, 2.05) is 0 Å². The molecule has 110 valence electrons. The molecule has 2 saturated heterocycles. The van der Waals surface area contributed by atoms with E-state index in [9.17, 15) is 0 Å². The second kappa shape index (κ2) is 5.65. The van der Waals surface area contributed by atoms with E-state index in [0.717, 1.165) is 25.0 Å². The molecule has 2 bridgehead atoms. The average molecular weight is 274 g/mol. The predicted molar refractivity (Wildman–Crippen MR) is 83.3 cm³/mol. The van der Waals surface area contributed by atoms with Gasteiger partial charge in [0.1, 0.15) is 5.75 Å². The fourth-order valence-electron chi connectivity index (χ4n) is 3.67. The lowest BCUT2D eigenvalue weighted by molar-refractivity contribution is 0.217. The molecule has 2 N–H and O–H groups in total. The van der Waals surface area contributed by atoms with Gasteiger partial charge in [-0.2, -0.15) is 0 Å². The summed E-state index contributed by atoms with van der Waals surface area (Å²) in [6, 6.07) is 10.2. The van der Waals surface area contributed by atoms with Crippen LogP contribution in [0.15, 0.2) is 24.3 Å². The number of piperidine rings is 1. The minimum atomic E-state index is 0.275. The largest absolute Gasteiger partial charge is 0.491 e. The Morgan fingerprint density at radius 3 is 2.65 bits per heavy atom. The predicted octanol–water partition coefficient (Wildman–Crippen LogP) is 3.32. The highest BCUT2D eigenvalue weighted by atomic mass is 16.5. The van der Waals surface area contributed by atoms with Crippen LogP contribution in [-0.4, -0.2) is 24.2 Å². The van der Waals surface area contributed by atoms with E-state index in [2.05, 4.69) is 43.0 Å². The number of anilines is 1. The number of benzene rings is 1. The van der Waals surface area contributed by atoms with Crippen molar-refractivity contribution >= 4 is 5.69 Å². The van der Waals surface area contributed by atoms with Crippen LogP contribution >= 0.6 is 0 Å². The minimum Gasteiger partial charge on any atom is -0.491 e. The van der Waals surface area contributed by atoms with Gasteiger partial charge in [-0.15, -0.1) is 0 Å². The van der Waals surface area contributed by atoms with Crippen LogP contribution < -0.4 is 15.4 Å². The van der Waals surface area contributed by atoms with Crippen LogP contribution in [0.25, 0.3) is 0 Å². The van der Waals surface area contributed by atoms with Crippen molar-refractivity contribution in [1.82, 2.24) is 0 Å². The second-order valence-electron chi connectivity index (χ2n) is 6.36. The van der Waals surface area contributed by atoms with Gasteiger partial charge in [-0.05, 0) is 51.2 Å². The molecule has 2 aliphatic heterocycles. The van der Waals surface area contributed by atoms with E-state index in [1.54, 1.807) is 0 Å². The molecule has 3 atom stereocenters. The molecule has 0 aromatic heterocycles. The SMILES string of the molecule is CCC(C)Oc1cccc(N2C3CCC2CC(N)C3)c1. The van der Waals surface area contributed by atoms with E-state index < -0.39 is 0 Å². The molecule has 0 radical (unpaired) electrons. The van der Waals surface area contributed by atoms with Crippen LogP contribution in [0, 0.1) is 0 Å². The number of hydrogen-bond acceptors (Lipinski definition) is 3. The van der Waals surface area contributed by atoms with Gasteiger partial charge in [0, 0.05) is 29.9 Å². The molecule has 0 spiro atoms. The highest BCUT2D eigenvalue weighted by Crippen LogP contribution is 2.39. The van der Waals surface area contributed by atoms with Crippen molar-refractivity contribution in [3.8, 4) is 5.75 Å². The van der Waals surface area contributed by atoms with Gasteiger partial charge in [-0.3, -0.25) is 0 Å². The van der Waals surface area contributed by atoms with Crippen LogP contribution in [0.4, 0.5) is 5.69 Å². The first-order chi connectivity index (χ1) is 9.67. The fourth-order valence-corrected chi connectivity index (χ4v) is 3.67.